The lowest BCUT2D eigenvalue weighted by atomic mass is 9.94. The van der Waals surface area contributed by atoms with Crippen LogP contribution in [0.25, 0.3) is 11.3 Å². The molecule has 6 nitrogen and oxygen atoms in total. The number of benzene rings is 2. The summed E-state index contributed by atoms with van der Waals surface area (Å²) in [7, 11) is 0. The van der Waals surface area contributed by atoms with Gasteiger partial charge in [0.15, 0.2) is 0 Å². The van der Waals surface area contributed by atoms with Crippen molar-refractivity contribution in [1.29, 1.82) is 0 Å². The second kappa shape index (κ2) is 7.86. The highest BCUT2D eigenvalue weighted by molar-refractivity contribution is 6.00. The summed E-state index contributed by atoms with van der Waals surface area (Å²) in [6.07, 6.45) is 0.842. The Morgan fingerprint density at radius 3 is 2.73 bits per heavy atom. The maximum Gasteiger partial charge on any atom is 0.273 e. The number of carbonyl (C=O) groups excluding carboxylic acids is 1. The first-order valence-electron chi connectivity index (χ1n) is 10.4. The van der Waals surface area contributed by atoms with Gasteiger partial charge in [-0.25, -0.2) is 0 Å². The minimum atomic E-state index is -0.290. The zero-order valence-electron chi connectivity index (χ0n) is 17.8. The van der Waals surface area contributed by atoms with E-state index in [4.69, 9.17) is 4.74 Å². The molecule has 1 aromatic heterocycles. The molecule has 1 aliphatic heterocycles. The molecule has 6 heteroatoms. The Balaban J connectivity index is 1.92. The summed E-state index contributed by atoms with van der Waals surface area (Å²) in [4.78, 5) is 15.1. The topological polar surface area (TPSA) is 78.5 Å². The van der Waals surface area contributed by atoms with Gasteiger partial charge in [0, 0.05) is 17.7 Å². The molecule has 30 heavy (non-hydrogen) atoms. The lowest BCUT2D eigenvalue weighted by Gasteiger charge is -2.26. The van der Waals surface area contributed by atoms with E-state index in [1.165, 1.54) is 0 Å². The molecule has 156 valence electrons. The molecule has 4 rings (SSSR count). The second-order valence-electron chi connectivity index (χ2n) is 7.75. The smallest absolute Gasteiger partial charge is 0.273 e. The average molecular weight is 405 g/mol. The van der Waals surface area contributed by atoms with Crippen molar-refractivity contribution in [2.75, 3.05) is 13.2 Å². The quantitative estimate of drug-likeness (QED) is 0.620. The van der Waals surface area contributed by atoms with E-state index in [0.717, 1.165) is 34.4 Å². The van der Waals surface area contributed by atoms with E-state index in [2.05, 4.69) is 17.1 Å². The van der Waals surface area contributed by atoms with Gasteiger partial charge in [-0.3, -0.25) is 9.89 Å². The molecule has 0 bridgehead atoms. The second-order valence-corrected chi connectivity index (χ2v) is 7.75. The van der Waals surface area contributed by atoms with Gasteiger partial charge in [-0.2, -0.15) is 5.10 Å². The molecule has 2 aromatic carbocycles. The molecule has 1 amide bonds. The van der Waals surface area contributed by atoms with Gasteiger partial charge in [0.2, 0.25) is 0 Å². The number of aryl methyl sites for hydroxylation is 2. The Morgan fingerprint density at radius 2 is 2.00 bits per heavy atom. The summed E-state index contributed by atoms with van der Waals surface area (Å²) in [5.74, 6) is 0.894. The predicted octanol–water partition coefficient (Wildman–Crippen LogP) is 4.75. The monoisotopic (exact) mass is 405 g/mol. The highest BCUT2D eigenvalue weighted by Crippen LogP contribution is 2.45. The maximum atomic E-state index is 13.2. The van der Waals surface area contributed by atoms with Gasteiger partial charge < -0.3 is 14.7 Å². The standard InChI is InChI=1S/C24H27N3O3/c1-5-10-27-22(16-8-7-9-17(13-16)30-6-2)19-20(25-26-21(19)24(27)29)18-12-14(3)11-15(4)23(18)28/h7-9,11-13,22,28H,5-6,10H2,1-4H3,(H,25,26). The van der Waals surface area contributed by atoms with E-state index in [-0.39, 0.29) is 17.7 Å². The summed E-state index contributed by atoms with van der Waals surface area (Å²) in [5, 5.41) is 18.2. The molecular weight excluding hydrogens is 378 g/mol. The van der Waals surface area contributed by atoms with Crippen molar-refractivity contribution in [3.8, 4) is 22.8 Å². The van der Waals surface area contributed by atoms with E-state index in [9.17, 15) is 9.90 Å². The summed E-state index contributed by atoms with van der Waals surface area (Å²) < 4.78 is 5.70. The molecule has 3 aromatic rings. The molecule has 0 radical (unpaired) electrons. The number of nitrogens with one attached hydrogen (secondary N) is 1. The number of carbonyl (C=O) groups is 1. The zero-order valence-corrected chi connectivity index (χ0v) is 17.8. The van der Waals surface area contributed by atoms with Gasteiger partial charge in [0.1, 0.15) is 22.9 Å². The molecule has 1 aliphatic rings. The Morgan fingerprint density at radius 1 is 1.20 bits per heavy atom. The number of fused-ring (bicyclic) bond motifs is 1. The van der Waals surface area contributed by atoms with Crippen molar-refractivity contribution in [1.82, 2.24) is 15.1 Å². The van der Waals surface area contributed by atoms with E-state index in [1.54, 1.807) is 0 Å². The van der Waals surface area contributed by atoms with Gasteiger partial charge in [-0.15, -0.1) is 0 Å². The van der Waals surface area contributed by atoms with Crippen LogP contribution < -0.4 is 4.74 Å². The summed E-state index contributed by atoms with van der Waals surface area (Å²) in [5.41, 5.74) is 5.34. The third-order valence-corrected chi connectivity index (χ3v) is 5.51. The van der Waals surface area contributed by atoms with Gasteiger partial charge in [-0.1, -0.05) is 25.1 Å². The Hall–Kier alpha value is -3.28. The van der Waals surface area contributed by atoms with Crippen molar-refractivity contribution < 1.29 is 14.6 Å². The number of nitrogens with zero attached hydrogens (tertiary/aromatic N) is 2. The van der Waals surface area contributed by atoms with E-state index in [0.29, 0.717) is 30.1 Å². The van der Waals surface area contributed by atoms with Crippen molar-refractivity contribution in [2.45, 2.75) is 40.2 Å². The van der Waals surface area contributed by atoms with Crippen LogP contribution in [0, 0.1) is 13.8 Å². The Labute approximate surface area is 176 Å². The number of H-pyrrole nitrogens is 1. The molecular formula is C24H27N3O3. The number of hydrogen-bond acceptors (Lipinski definition) is 4. The number of phenols is 1. The summed E-state index contributed by atoms with van der Waals surface area (Å²) in [6, 6.07) is 11.4. The fraction of sp³-hybridized carbons (Fsp3) is 0.333. The SMILES string of the molecule is CCCN1C(=O)c2[nH]nc(-c3cc(C)cc(C)c3O)c2C1c1cccc(OCC)c1. The number of aromatic nitrogens is 2. The van der Waals surface area contributed by atoms with Crippen molar-refractivity contribution in [3.05, 3.63) is 64.3 Å². The number of rotatable bonds is 6. The number of aromatic amines is 1. The first-order chi connectivity index (χ1) is 14.5. The predicted molar refractivity (Wildman–Crippen MR) is 116 cm³/mol. The van der Waals surface area contributed by atoms with Crippen LogP contribution in [0.5, 0.6) is 11.5 Å². The van der Waals surface area contributed by atoms with E-state index < -0.39 is 0 Å². The number of ether oxygens (including phenoxy) is 1. The maximum absolute atomic E-state index is 13.2. The minimum Gasteiger partial charge on any atom is -0.507 e. The lowest BCUT2D eigenvalue weighted by Crippen LogP contribution is -2.30. The highest BCUT2D eigenvalue weighted by Gasteiger charge is 2.42. The molecule has 2 heterocycles. The Kier molecular flexibility index (Phi) is 5.24. The number of phenolic OH excluding ortho intramolecular Hbond substituents is 1. The molecule has 0 saturated carbocycles. The van der Waals surface area contributed by atoms with Crippen molar-refractivity contribution >= 4 is 5.91 Å². The molecule has 1 unspecified atom stereocenters. The van der Waals surface area contributed by atoms with Gasteiger partial charge in [-0.05, 0) is 62.1 Å². The van der Waals surface area contributed by atoms with E-state index in [1.807, 2.05) is 62.1 Å². The number of amides is 1. The van der Waals surface area contributed by atoms with E-state index >= 15 is 0 Å². The fourth-order valence-electron chi connectivity index (χ4n) is 4.30. The van der Waals surface area contributed by atoms with Crippen LogP contribution in [-0.4, -0.2) is 39.3 Å². The van der Waals surface area contributed by atoms with Gasteiger partial charge in [0.05, 0.1) is 12.6 Å². The molecule has 0 saturated heterocycles. The molecule has 1 atom stereocenters. The van der Waals surface area contributed by atoms with Crippen LogP contribution in [0.4, 0.5) is 0 Å². The summed E-state index contributed by atoms with van der Waals surface area (Å²) in [6.45, 7) is 9.07. The minimum absolute atomic E-state index is 0.0683. The lowest BCUT2D eigenvalue weighted by molar-refractivity contribution is 0.0743. The summed E-state index contributed by atoms with van der Waals surface area (Å²) >= 11 is 0. The third-order valence-electron chi connectivity index (χ3n) is 5.51. The first-order valence-corrected chi connectivity index (χ1v) is 10.4. The van der Waals surface area contributed by atoms with Crippen LogP contribution in [0.15, 0.2) is 36.4 Å². The van der Waals surface area contributed by atoms with Gasteiger partial charge >= 0.3 is 0 Å². The van der Waals surface area contributed by atoms with Crippen LogP contribution in [0.2, 0.25) is 0 Å². The molecule has 0 fully saturated rings. The molecule has 0 aliphatic carbocycles. The molecule has 0 spiro atoms. The van der Waals surface area contributed by atoms with Crippen LogP contribution in [0.3, 0.4) is 0 Å². The van der Waals surface area contributed by atoms with Crippen molar-refractivity contribution in [3.63, 3.8) is 0 Å². The van der Waals surface area contributed by atoms with Gasteiger partial charge in [0.25, 0.3) is 5.91 Å². The molecule has 2 N–H and O–H groups in total. The third kappa shape index (κ3) is 3.22. The number of aromatic hydroxyl groups is 1. The van der Waals surface area contributed by atoms with Crippen molar-refractivity contribution in [2.24, 2.45) is 0 Å². The van der Waals surface area contributed by atoms with Crippen LogP contribution in [0.1, 0.15) is 59.1 Å². The van der Waals surface area contributed by atoms with Crippen LogP contribution in [-0.2, 0) is 0 Å². The fourth-order valence-corrected chi connectivity index (χ4v) is 4.30. The zero-order chi connectivity index (χ0) is 21.4. The highest BCUT2D eigenvalue weighted by atomic mass is 16.5. The largest absolute Gasteiger partial charge is 0.507 e. The first kappa shape index (κ1) is 20.0. The van der Waals surface area contributed by atoms with Crippen LogP contribution >= 0.6 is 0 Å². The number of hydrogen-bond donors (Lipinski definition) is 2. The normalized spacial score (nSPS) is 15.5. The average Bonchev–Trinajstić information content (AvgIpc) is 3.25. The Bertz CT molecular complexity index is 1100.